The molecule has 0 aliphatic rings. The number of hydrogen-bond acceptors (Lipinski definition) is 3. The van der Waals surface area contributed by atoms with Crippen molar-refractivity contribution in [1.82, 2.24) is 5.32 Å². The zero-order valence-electron chi connectivity index (χ0n) is 8.68. The first kappa shape index (κ1) is 12.4. The van der Waals surface area contributed by atoms with Crippen LogP contribution < -0.4 is 5.32 Å². The molecule has 0 aromatic heterocycles. The van der Waals surface area contributed by atoms with Crippen LogP contribution in [0.5, 0.6) is 0 Å². The monoisotopic (exact) mass is 184 g/mol. The van der Waals surface area contributed by atoms with Crippen LogP contribution in [0.2, 0.25) is 0 Å². The van der Waals surface area contributed by atoms with Gasteiger partial charge in [0.2, 0.25) is 0 Å². The van der Waals surface area contributed by atoms with Crippen LogP contribution in [0, 0.1) is 11.3 Å². The first-order valence-corrected chi connectivity index (χ1v) is 5.05. The fraction of sp³-hybridized carbons (Fsp3) is 0.900. The van der Waals surface area contributed by atoms with Crippen molar-refractivity contribution in [2.45, 2.75) is 39.2 Å². The van der Waals surface area contributed by atoms with Gasteiger partial charge >= 0.3 is 0 Å². The summed E-state index contributed by atoms with van der Waals surface area (Å²) in [5, 5.41) is 11.8. The summed E-state index contributed by atoms with van der Waals surface area (Å²) in [5.41, 5.74) is 0. The van der Waals surface area contributed by atoms with Crippen molar-refractivity contribution in [3.63, 3.8) is 0 Å². The Morgan fingerprint density at radius 3 is 2.69 bits per heavy atom. The molecule has 1 atom stereocenters. The topological polar surface area (TPSA) is 45.0 Å². The largest absolute Gasteiger partial charge is 0.381 e. The molecule has 76 valence electrons. The molecule has 0 saturated heterocycles. The summed E-state index contributed by atoms with van der Waals surface area (Å²) in [7, 11) is 0. The second-order valence-corrected chi connectivity index (χ2v) is 2.99. The molecule has 1 N–H and O–H groups in total. The maximum Gasteiger partial charge on any atom is 0.0974 e. The molecule has 0 aliphatic carbocycles. The van der Waals surface area contributed by atoms with Crippen LogP contribution >= 0.6 is 0 Å². The molecule has 0 aromatic rings. The molecule has 0 radical (unpaired) electrons. The molecular weight excluding hydrogens is 164 g/mol. The van der Waals surface area contributed by atoms with Crippen molar-refractivity contribution in [1.29, 1.82) is 5.26 Å². The fourth-order valence-electron chi connectivity index (χ4n) is 1.01. The summed E-state index contributed by atoms with van der Waals surface area (Å²) in [6.07, 6.45) is 3.06. The number of nitrogens with zero attached hydrogens (tertiary/aromatic N) is 1. The van der Waals surface area contributed by atoms with Gasteiger partial charge in [0.1, 0.15) is 0 Å². The second kappa shape index (κ2) is 9.50. The van der Waals surface area contributed by atoms with E-state index in [4.69, 9.17) is 10.00 Å². The third kappa shape index (κ3) is 7.76. The lowest BCUT2D eigenvalue weighted by Crippen LogP contribution is -2.28. The Kier molecular flexibility index (Phi) is 9.07. The highest BCUT2D eigenvalue weighted by molar-refractivity contribution is 4.88. The lowest BCUT2D eigenvalue weighted by atomic mass is 10.2. The van der Waals surface area contributed by atoms with Crippen LogP contribution in [0.15, 0.2) is 0 Å². The molecule has 0 fully saturated rings. The van der Waals surface area contributed by atoms with Crippen LogP contribution in [0.25, 0.3) is 0 Å². The third-order valence-electron chi connectivity index (χ3n) is 1.80. The second-order valence-electron chi connectivity index (χ2n) is 2.99. The molecule has 0 rings (SSSR count). The first-order chi connectivity index (χ1) is 6.35. The van der Waals surface area contributed by atoms with E-state index in [0.717, 1.165) is 32.4 Å². The van der Waals surface area contributed by atoms with Gasteiger partial charge in [0.25, 0.3) is 0 Å². The zero-order valence-corrected chi connectivity index (χ0v) is 8.68. The van der Waals surface area contributed by atoms with Gasteiger partial charge in [-0.15, -0.1) is 0 Å². The maximum absolute atomic E-state index is 8.69. The van der Waals surface area contributed by atoms with Crippen LogP contribution in [0.3, 0.4) is 0 Å². The molecule has 0 bridgehead atoms. The molecule has 0 amide bonds. The third-order valence-corrected chi connectivity index (χ3v) is 1.80. The highest BCUT2D eigenvalue weighted by Gasteiger charge is 2.03. The van der Waals surface area contributed by atoms with E-state index in [1.807, 2.05) is 6.92 Å². The van der Waals surface area contributed by atoms with Crippen molar-refractivity contribution >= 4 is 0 Å². The van der Waals surface area contributed by atoms with E-state index < -0.39 is 0 Å². The van der Waals surface area contributed by atoms with Crippen molar-refractivity contribution < 1.29 is 4.74 Å². The molecule has 1 unspecified atom stereocenters. The summed E-state index contributed by atoms with van der Waals surface area (Å²) in [6.45, 7) is 6.49. The average Bonchev–Trinajstić information content (AvgIpc) is 2.16. The van der Waals surface area contributed by atoms with Crippen LogP contribution in [-0.4, -0.2) is 25.8 Å². The van der Waals surface area contributed by atoms with Gasteiger partial charge in [-0.1, -0.05) is 20.3 Å². The lowest BCUT2D eigenvalue weighted by molar-refractivity contribution is 0.125. The van der Waals surface area contributed by atoms with Crippen molar-refractivity contribution in [2.24, 2.45) is 0 Å². The lowest BCUT2D eigenvalue weighted by Gasteiger charge is -2.09. The summed E-state index contributed by atoms with van der Waals surface area (Å²) in [4.78, 5) is 0. The fourth-order valence-corrected chi connectivity index (χ4v) is 1.01. The Labute approximate surface area is 81.1 Å². The predicted molar refractivity (Wildman–Crippen MR) is 53.4 cm³/mol. The van der Waals surface area contributed by atoms with E-state index in [9.17, 15) is 0 Å². The van der Waals surface area contributed by atoms with Crippen LogP contribution in [0.1, 0.15) is 33.1 Å². The normalized spacial score (nSPS) is 12.4. The van der Waals surface area contributed by atoms with Gasteiger partial charge in [0, 0.05) is 13.2 Å². The minimum Gasteiger partial charge on any atom is -0.381 e. The van der Waals surface area contributed by atoms with Crippen molar-refractivity contribution in [3.8, 4) is 6.07 Å². The summed E-state index contributed by atoms with van der Waals surface area (Å²) in [5.74, 6) is 0. The van der Waals surface area contributed by atoms with Gasteiger partial charge in [-0.05, 0) is 19.4 Å². The Bertz CT molecular complexity index is 142. The molecule has 3 heteroatoms. The summed E-state index contributed by atoms with van der Waals surface area (Å²) >= 11 is 0. The standard InChI is InChI=1S/C10H20N2O/c1-3-5-7-13-8-6-10(9-11)12-4-2/h10,12H,3-8H2,1-2H3. The molecule has 0 aliphatic heterocycles. The smallest absolute Gasteiger partial charge is 0.0974 e. The van der Waals surface area contributed by atoms with Gasteiger partial charge in [-0.2, -0.15) is 5.26 Å². The molecule has 0 spiro atoms. The van der Waals surface area contributed by atoms with Crippen LogP contribution in [-0.2, 0) is 4.74 Å². The molecule has 3 nitrogen and oxygen atoms in total. The van der Waals surface area contributed by atoms with Gasteiger partial charge in [0.05, 0.1) is 12.1 Å². The summed E-state index contributed by atoms with van der Waals surface area (Å²) in [6, 6.07) is 2.15. The Balaban J connectivity index is 3.24. The number of nitriles is 1. The van der Waals surface area contributed by atoms with Gasteiger partial charge in [-0.25, -0.2) is 0 Å². The van der Waals surface area contributed by atoms with E-state index in [-0.39, 0.29) is 6.04 Å². The molecule has 0 saturated carbocycles. The number of unbranched alkanes of at least 4 members (excludes halogenated alkanes) is 1. The number of rotatable bonds is 8. The van der Waals surface area contributed by atoms with Crippen molar-refractivity contribution in [3.05, 3.63) is 0 Å². The molecule has 0 aromatic carbocycles. The number of hydrogen-bond donors (Lipinski definition) is 1. The quantitative estimate of drug-likeness (QED) is 0.584. The maximum atomic E-state index is 8.69. The first-order valence-electron chi connectivity index (χ1n) is 5.05. The average molecular weight is 184 g/mol. The minimum atomic E-state index is -0.0494. The minimum absolute atomic E-state index is 0.0494. The highest BCUT2D eigenvalue weighted by atomic mass is 16.5. The van der Waals surface area contributed by atoms with Crippen molar-refractivity contribution in [2.75, 3.05) is 19.8 Å². The van der Waals surface area contributed by atoms with E-state index in [1.165, 1.54) is 0 Å². The van der Waals surface area contributed by atoms with Gasteiger partial charge in [0.15, 0.2) is 0 Å². The van der Waals surface area contributed by atoms with Gasteiger partial charge in [-0.3, -0.25) is 0 Å². The molecule has 13 heavy (non-hydrogen) atoms. The van der Waals surface area contributed by atoms with Crippen LogP contribution in [0.4, 0.5) is 0 Å². The van der Waals surface area contributed by atoms with E-state index in [1.54, 1.807) is 0 Å². The summed E-state index contributed by atoms with van der Waals surface area (Å²) < 4.78 is 5.36. The van der Waals surface area contributed by atoms with E-state index >= 15 is 0 Å². The number of ether oxygens (including phenoxy) is 1. The molecule has 0 heterocycles. The SMILES string of the molecule is CCCCOCCC(C#N)NCC. The Morgan fingerprint density at radius 2 is 2.15 bits per heavy atom. The van der Waals surface area contributed by atoms with E-state index in [2.05, 4.69) is 18.3 Å². The molecular formula is C10H20N2O. The predicted octanol–water partition coefficient (Wildman–Crippen LogP) is 1.69. The zero-order chi connectivity index (χ0) is 9.94. The Morgan fingerprint density at radius 1 is 1.38 bits per heavy atom. The van der Waals surface area contributed by atoms with E-state index in [0.29, 0.717) is 6.61 Å². The van der Waals surface area contributed by atoms with Gasteiger partial charge < -0.3 is 10.1 Å². The highest BCUT2D eigenvalue weighted by Crippen LogP contribution is 1.93. The Hall–Kier alpha value is -0.590. The number of nitrogens with one attached hydrogen (secondary N) is 1.